The molecule has 0 aromatic carbocycles. The van der Waals surface area contributed by atoms with Crippen molar-refractivity contribution in [3.05, 3.63) is 42.0 Å². The number of aromatic nitrogens is 3. The Labute approximate surface area is 130 Å². The number of hydrogen-bond donors (Lipinski definition) is 0. The fourth-order valence-corrected chi connectivity index (χ4v) is 2.05. The van der Waals surface area contributed by atoms with Gasteiger partial charge in [-0.15, -0.1) is 0 Å². The number of hydrogen-bond acceptors (Lipinski definition) is 5. The summed E-state index contributed by atoms with van der Waals surface area (Å²) in [5, 5.41) is 4.31. The van der Waals surface area contributed by atoms with Gasteiger partial charge in [-0.1, -0.05) is 0 Å². The summed E-state index contributed by atoms with van der Waals surface area (Å²) in [7, 11) is 0. The van der Waals surface area contributed by atoms with Crippen molar-refractivity contribution in [2.75, 3.05) is 13.2 Å². The molecule has 0 saturated heterocycles. The summed E-state index contributed by atoms with van der Waals surface area (Å²) >= 11 is 0. The molecule has 6 nitrogen and oxygen atoms in total. The molecular weight excluding hydrogens is 282 g/mol. The minimum absolute atomic E-state index is 0.162. The van der Waals surface area contributed by atoms with Crippen LogP contribution >= 0.6 is 0 Å². The van der Waals surface area contributed by atoms with E-state index in [-0.39, 0.29) is 18.8 Å². The maximum atomic E-state index is 12.0. The van der Waals surface area contributed by atoms with E-state index < -0.39 is 5.97 Å². The summed E-state index contributed by atoms with van der Waals surface area (Å²) in [5.74, 6) is 0.201. The Morgan fingerprint density at radius 3 is 2.68 bits per heavy atom. The number of carbonyl (C=O) groups excluding carboxylic acids is 1. The van der Waals surface area contributed by atoms with Crippen LogP contribution in [0.15, 0.2) is 30.6 Å². The van der Waals surface area contributed by atoms with Crippen LogP contribution in [0.5, 0.6) is 5.75 Å². The average Bonchev–Trinajstić information content (AvgIpc) is 2.87. The van der Waals surface area contributed by atoms with Crippen LogP contribution in [-0.2, 0) is 10.3 Å². The first-order valence-corrected chi connectivity index (χ1v) is 7.15. The third-order valence-electron chi connectivity index (χ3n) is 2.95. The molecular formula is C16H21N3O3. The number of aryl methyl sites for hydroxylation is 1. The van der Waals surface area contributed by atoms with Crippen LogP contribution < -0.4 is 4.74 Å². The summed E-state index contributed by atoms with van der Waals surface area (Å²) in [4.78, 5) is 15.9. The summed E-state index contributed by atoms with van der Waals surface area (Å²) in [6.07, 6.45) is 3.27. The molecule has 0 bridgehead atoms. The first kappa shape index (κ1) is 16.0. The standard InChI is InChI=1S/C16H21N3O3/c1-12-10-14(18-19(12)16(2,3)4)15(20)22-9-8-21-13-6-5-7-17-11-13/h5-7,10-11H,8-9H2,1-4H3. The van der Waals surface area contributed by atoms with Gasteiger partial charge in [-0.05, 0) is 45.9 Å². The van der Waals surface area contributed by atoms with Gasteiger partial charge in [-0.3, -0.25) is 9.67 Å². The van der Waals surface area contributed by atoms with Gasteiger partial charge in [0, 0.05) is 11.9 Å². The Hall–Kier alpha value is -2.37. The highest BCUT2D eigenvalue weighted by atomic mass is 16.6. The fourth-order valence-electron chi connectivity index (χ4n) is 2.05. The molecule has 0 aliphatic rings. The maximum absolute atomic E-state index is 12.0. The lowest BCUT2D eigenvalue weighted by molar-refractivity contribution is 0.0441. The number of ether oxygens (including phenoxy) is 2. The number of rotatable bonds is 5. The highest BCUT2D eigenvalue weighted by Gasteiger charge is 2.20. The van der Waals surface area contributed by atoms with Crippen molar-refractivity contribution in [2.24, 2.45) is 0 Å². The average molecular weight is 303 g/mol. The second kappa shape index (κ2) is 6.60. The maximum Gasteiger partial charge on any atom is 0.358 e. The van der Waals surface area contributed by atoms with E-state index in [1.165, 1.54) is 0 Å². The molecule has 0 N–H and O–H groups in total. The van der Waals surface area contributed by atoms with Crippen molar-refractivity contribution in [1.29, 1.82) is 0 Å². The summed E-state index contributed by atoms with van der Waals surface area (Å²) < 4.78 is 12.4. The third-order valence-corrected chi connectivity index (χ3v) is 2.95. The van der Waals surface area contributed by atoms with Gasteiger partial charge in [0.05, 0.1) is 11.7 Å². The predicted octanol–water partition coefficient (Wildman–Crippen LogP) is 2.58. The van der Waals surface area contributed by atoms with E-state index in [9.17, 15) is 4.79 Å². The molecule has 2 aromatic heterocycles. The Balaban J connectivity index is 1.85. The minimum atomic E-state index is -0.444. The second-order valence-corrected chi connectivity index (χ2v) is 5.93. The van der Waals surface area contributed by atoms with E-state index in [0.29, 0.717) is 11.4 Å². The van der Waals surface area contributed by atoms with E-state index in [2.05, 4.69) is 10.1 Å². The molecule has 0 spiro atoms. The minimum Gasteiger partial charge on any atom is -0.488 e. The molecule has 0 fully saturated rings. The van der Waals surface area contributed by atoms with E-state index >= 15 is 0 Å². The highest BCUT2D eigenvalue weighted by molar-refractivity contribution is 5.87. The molecule has 0 amide bonds. The lowest BCUT2D eigenvalue weighted by Crippen LogP contribution is -2.24. The monoisotopic (exact) mass is 303 g/mol. The van der Waals surface area contributed by atoms with Gasteiger partial charge in [0.15, 0.2) is 5.69 Å². The molecule has 0 atom stereocenters. The smallest absolute Gasteiger partial charge is 0.358 e. The molecule has 2 heterocycles. The van der Waals surface area contributed by atoms with E-state index in [1.54, 1.807) is 30.6 Å². The van der Waals surface area contributed by atoms with Crippen molar-refractivity contribution >= 4 is 5.97 Å². The molecule has 118 valence electrons. The predicted molar refractivity (Wildman–Crippen MR) is 82.0 cm³/mol. The molecule has 6 heteroatoms. The number of carbonyl (C=O) groups is 1. The summed E-state index contributed by atoms with van der Waals surface area (Å²) in [5.41, 5.74) is 1.06. The third kappa shape index (κ3) is 4.07. The normalized spacial score (nSPS) is 11.3. The number of esters is 1. The summed E-state index contributed by atoms with van der Waals surface area (Å²) in [6, 6.07) is 5.31. The molecule has 2 rings (SSSR count). The molecule has 0 radical (unpaired) electrons. The Morgan fingerprint density at radius 2 is 2.09 bits per heavy atom. The second-order valence-electron chi connectivity index (χ2n) is 5.93. The van der Waals surface area contributed by atoms with E-state index in [0.717, 1.165) is 5.69 Å². The van der Waals surface area contributed by atoms with Crippen LogP contribution in [0.1, 0.15) is 37.0 Å². The largest absolute Gasteiger partial charge is 0.488 e. The summed E-state index contributed by atoms with van der Waals surface area (Å²) in [6.45, 7) is 8.45. The van der Waals surface area contributed by atoms with Crippen LogP contribution in [0.3, 0.4) is 0 Å². The number of pyridine rings is 1. The fraction of sp³-hybridized carbons (Fsp3) is 0.438. The Morgan fingerprint density at radius 1 is 1.32 bits per heavy atom. The van der Waals surface area contributed by atoms with Gasteiger partial charge in [0.1, 0.15) is 19.0 Å². The zero-order chi connectivity index (χ0) is 16.2. The van der Waals surface area contributed by atoms with Gasteiger partial charge >= 0.3 is 5.97 Å². The quantitative estimate of drug-likeness (QED) is 0.627. The van der Waals surface area contributed by atoms with Crippen molar-refractivity contribution < 1.29 is 14.3 Å². The number of nitrogens with zero attached hydrogens (tertiary/aromatic N) is 3. The van der Waals surface area contributed by atoms with Crippen LogP contribution in [0.4, 0.5) is 0 Å². The van der Waals surface area contributed by atoms with Crippen LogP contribution in [0, 0.1) is 6.92 Å². The van der Waals surface area contributed by atoms with Gasteiger partial charge in [0.25, 0.3) is 0 Å². The van der Waals surface area contributed by atoms with Crippen LogP contribution in [-0.4, -0.2) is 33.9 Å². The molecule has 0 saturated carbocycles. The van der Waals surface area contributed by atoms with Crippen LogP contribution in [0.2, 0.25) is 0 Å². The van der Waals surface area contributed by atoms with Gasteiger partial charge < -0.3 is 9.47 Å². The zero-order valence-electron chi connectivity index (χ0n) is 13.4. The van der Waals surface area contributed by atoms with Crippen molar-refractivity contribution in [3.8, 4) is 5.75 Å². The Kier molecular flexibility index (Phi) is 4.80. The van der Waals surface area contributed by atoms with Crippen LogP contribution in [0.25, 0.3) is 0 Å². The first-order chi connectivity index (χ1) is 10.4. The zero-order valence-corrected chi connectivity index (χ0v) is 13.4. The van der Waals surface area contributed by atoms with Gasteiger partial charge in [-0.2, -0.15) is 5.10 Å². The molecule has 2 aromatic rings. The topological polar surface area (TPSA) is 66.2 Å². The first-order valence-electron chi connectivity index (χ1n) is 7.15. The highest BCUT2D eigenvalue weighted by Crippen LogP contribution is 2.17. The molecule has 22 heavy (non-hydrogen) atoms. The van der Waals surface area contributed by atoms with Crippen molar-refractivity contribution in [2.45, 2.75) is 33.2 Å². The molecule has 0 aliphatic carbocycles. The van der Waals surface area contributed by atoms with Crippen molar-refractivity contribution in [3.63, 3.8) is 0 Å². The van der Waals surface area contributed by atoms with Gasteiger partial charge in [-0.25, -0.2) is 4.79 Å². The van der Waals surface area contributed by atoms with E-state index in [1.807, 2.05) is 32.4 Å². The molecule has 0 unspecified atom stereocenters. The Bertz CT molecular complexity index is 630. The SMILES string of the molecule is Cc1cc(C(=O)OCCOc2cccnc2)nn1C(C)(C)C. The van der Waals surface area contributed by atoms with E-state index in [4.69, 9.17) is 9.47 Å². The molecule has 0 aliphatic heterocycles. The van der Waals surface area contributed by atoms with Crippen molar-refractivity contribution in [1.82, 2.24) is 14.8 Å². The lowest BCUT2D eigenvalue weighted by atomic mass is 10.1. The van der Waals surface area contributed by atoms with Gasteiger partial charge in [0.2, 0.25) is 0 Å². The lowest BCUT2D eigenvalue weighted by Gasteiger charge is -2.21.